The van der Waals surface area contributed by atoms with Gasteiger partial charge in [-0.15, -0.1) is 0 Å². The summed E-state index contributed by atoms with van der Waals surface area (Å²) in [5.74, 6) is 0.324. The van der Waals surface area contributed by atoms with Crippen molar-refractivity contribution in [3.05, 3.63) is 0 Å². The summed E-state index contributed by atoms with van der Waals surface area (Å²) >= 11 is 0. The predicted octanol–water partition coefficient (Wildman–Crippen LogP) is 0.827. The standard InChI is InChI=1S/C10H23NO3S/c1-14-9-8-11-7-5-3-4-6-10-15(2,12)13/h11H,3-10H2,1-2H3. The van der Waals surface area contributed by atoms with Crippen molar-refractivity contribution in [2.75, 3.05) is 38.8 Å². The summed E-state index contributed by atoms with van der Waals surface area (Å²) in [4.78, 5) is 0. The van der Waals surface area contributed by atoms with Crippen molar-refractivity contribution in [3.8, 4) is 0 Å². The van der Waals surface area contributed by atoms with Crippen LogP contribution in [0.1, 0.15) is 25.7 Å². The molecule has 0 aromatic carbocycles. The molecule has 0 amide bonds. The fourth-order valence-electron chi connectivity index (χ4n) is 1.27. The molecule has 0 saturated carbocycles. The van der Waals surface area contributed by atoms with Crippen molar-refractivity contribution in [1.82, 2.24) is 5.32 Å². The summed E-state index contributed by atoms with van der Waals surface area (Å²) in [6.45, 7) is 2.62. The van der Waals surface area contributed by atoms with E-state index in [4.69, 9.17) is 4.74 Å². The maximum Gasteiger partial charge on any atom is 0.147 e. The SMILES string of the molecule is COCCNCCCCCCS(C)(=O)=O. The third-order valence-electron chi connectivity index (χ3n) is 2.10. The highest BCUT2D eigenvalue weighted by molar-refractivity contribution is 7.90. The number of sulfone groups is 1. The molecule has 0 spiro atoms. The van der Waals surface area contributed by atoms with E-state index in [-0.39, 0.29) is 0 Å². The number of nitrogens with one attached hydrogen (secondary N) is 1. The van der Waals surface area contributed by atoms with Crippen LogP contribution in [-0.2, 0) is 14.6 Å². The van der Waals surface area contributed by atoms with Crippen LogP contribution < -0.4 is 5.32 Å². The van der Waals surface area contributed by atoms with E-state index < -0.39 is 9.84 Å². The fraction of sp³-hybridized carbons (Fsp3) is 1.00. The lowest BCUT2D eigenvalue weighted by Crippen LogP contribution is -2.20. The summed E-state index contributed by atoms with van der Waals surface area (Å²) in [5, 5.41) is 3.25. The van der Waals surface area contributed by atoms with E-state index in [9.17, 15) is 8.42 Å². The fourth-order valence-corrected chi connectivity index (χ4v) is 2.00. The highest BCUT2D eigenvalue weighted by Crippen LogP contribution is 2.00. The zero-order chi connectivity index (χ0) is 11.6. The smallest absolute Gasteiger partial charge is 0.147 e. The molecule has 0 aromatic heterocycles. The van der Waals surface area contributed by atoms with Gasteiger partial charge in [-0.2, -0.15) is 0 Å². The second-order valence-electron chi connectivity index (χ2n) is 3.79. The Kier molecular flexibility index (Phi) is 9.04. The Hall–Kier alpha value is -0.130. The topological polar surface area (TPSA) is 55.4 Å². The van der Waals surface area contributed by atoms with Gasteiger partial charge in [0.1, 0.15) is 9.84 Å². The molecule has 0 unspecified atom stereocenters. The molecule has 92 valence electrons. The molecule has 0 aliphatic carbocycles. The number of ether oxygens (including phenoxy) is 1. The van der Waals surface area contributed by atoms with Gasteiger partial charge in [0.15, 0.2) is 0 Å². The number of unbranched alkanes of at least 4 members (excludes halogenated alkanes) is 3. The number of methoxy groups -OCH3 is 1. The van der Waals surface area contributed by atoms with Crippen LogP contribution in [0.5, 0.6) is 0 Å². The van der Waals surface area contributed by atoms with E-state index in [2.05, 4.69) is 5.32 Å². The van der Waals surface area contributed by atoms with Gasteiger partial charge in [0.2, 0.25) is 0 Å². The average molecular weight is 237 g/mol. The van der Waals surface area contributed by atoms with Crippen LogP contribution in [0.2, 0.25) is 0 Å². The minimum absolute atomic E-state index is 0.324. The molecule has 4 nitrogen and oxygen atoms in total. The Morgan fingerprint density at radius 3 is 2.33 bits per heavy atom. The highest BCUT2D eigenvalue weighted by atomic mass is 32.2. The van der Waals surface area contributed by atoms with Crippen molar-refractivity contribution >= 4 is 9.84 Å². The zero-order valence-corrected chi connectivity index (χ0v) is 10.6. The van der Waals surface area contributed by atoms with Crippen molar-refractivity contribution in [3.63, 3.8) is 0 Å². The summed E-state index contributed by atoms with van der Waals surface area (Å²) in [6, 6.07) is 0. The maximum atomic E-state index is 10.8. The van der Waals surface area contributed by atoms with Gasteiger partial charge in [-0.3, -0.25) is 0 Å². The maximum absolute atomic E-state index is 10.8. The molecule has 15 heavy (non-hydrogen) atoms. The Labute approximate surface area is 93.3 Å². The van der Waals surface area contributed by atoms with E-state index >= 15 is 0 Å². The molecule has 0 heterocycles. The summed E-state index contributed by atoms with van der Waals surface area (Å²) in [5.41, 5.74) is 0. The first kappa shape index (κ1) is 14.9. The zero-order valence-electron chi connectivity index (χ0n) is 9.79. The number of hydrogen-bond acceptors (Lipinski definition) is 4. The van der Waals surface area contributed by atoms with Crippen molar-refractivity contribution in [1.29, 1.82) is 0 Å². The minimum Gasteiger partial charge on any atom is -0.383 e. The summed E-state index contributed by atoms with van der Waals surface area (Å²) < 4.78 is 26.5. The number of hydrogen-bond donors (Lipinski definition) is 1. The normalized spacial score (nSPS) is 11.9. The Balaban J connectivity index is 3.06. The third-order valence-corrected chi connectivity index (χ3v) is 3.13. The number of rotatable bonds is 10. The van der Waals surface area contributed by atoms with Gasteiger partial charge >= 0.3 is 0 Å². The second-order valence-corrected chi connectivity index (χ2v) is 6.05. The minimum atomic E-state index is -2.76. The first-order chi connectivity index (χ1) is 7.06. The molecule has 1 N–H and O–H groups in total. The molecule has 0 fully saturated rings. The van der Waals surface area contributed by atoms with Gasteiger partial charge in [-0.05, 0) is 19.4 Å². The van der Waals surface area contributed by atoms with Gasteiger partial charge < -0.3 is 10.1 Å². The van der Waals surface area contributed by atoms with Crippen LogP contribution in [0.25, 0.3) is 0 Å². The molecular weight excluding hydrogens is 214 g/mol. The Morgan fingerprint density at radius 2 is 1.73 bits per heavy atom. The average Bonchev–Trinajstić information content (AvgIpc) is 2.14. The van der Waals surface area contributed by atoms with Crippen LogP contribution in [0.15, 0.2) is 0 Å². The lowest BCUT2D eigenvalue weighted by molar-refractivity contribution is 0.199. The van der Waals surface area contributed by atoms with Crippen LogP contribution in [0.4, 0.5) is 0 Å². The molecule has 0 rings (SSSR count). The summed E-state index contributed by atoms with van der Waals surface area (Å²) in [7, 11) is -1.07. The van der Waals surface area contributed by atoms with Gasteiger partial charge in [0.25, 0.3) is 0 Å². The van der Waals surface area contributed by atoms with Crippen molar-refractivity contribution < 1.29 is 13.2 Å². The molecule has 0 bridgehead atoms. The van der Waals surface area contributed by atoms with Gasteiger partial charge in [-0.1, -0.05) is 12.8 Å². The molecule has 0 aliphatic rings. The quantitative estimate of drug-likeness (QED) is 0.572. The lowest BCUT2D eigenvalue weighted by Gasteiger charge is -2.03. The third kappa shape index (κ3) is 13.9. The lowest BCUT2D eigenvalue weighted by atomic mass is 10.2. The monoisotopic (exact) mass is 237 g/mol. The van der Waals surface area contributed by atoms with Crippen LogP contribution in [-0.4, -0.2) is 47.2 Å². The molecule has 0 aliphatic heterocycles. The van der Waals surface area contributed by atoms with E-state index in [1.54, 1.807) is 7.11 Å². The van der Waals surface area contributed by atoms with E-state index in [0.717, 1.165) is 45.4 Å². The van der Waals surface area contributed by atoms with Crippen LogP contribution in [0, 0.1) is 0 Å². The van der Waals surface area contributed by atoms with Gasteiger partial charge in [-0.25, -0.2) is 8.42 Å². The largest absolute Gasteiger partial charge is 0.383 e. The van der Waals surface area contributed by atoms with E-state index in [0.29, 0.717) is 5.75 Å². The van der Waals surface area contributed by atoms with Crippen LogP contribution >= 0.6 is 0 Å². The van der Waals surface area contributed by atoms with E-state index in [1.165, 1.54) is 6.26 Å². The van der Waals surface area contributed by atoms with E-state index in [1.807, 2.05) is 0 Å². The van der Waals surface area contributed by atoms with Gasteiger partial charge in [0, 0.05) is 25.7 Å². The molecule has 0 aromatic rings. The van der Waals surface area contributed by atoms with Gasteiger partial charge in [0.05, 0.1) is 6.61 Å². The Morgan fingerprint density at radius 1 is 1.07 bits per heavy atom. The Bertz CT molecular complexity index is 227. The molecule has 0 atom stereocenters. The molecule has 0 saturated heterocycles. The highest BCUT2D eigenvalue weighted by Gasteiger charge is 2.00. The molecule has 0 radical (unpaired) electrons. The first-order valence-corrected chi connectivity index (χ1v) is 7.49. The second kappa shape index (κ2) is 9.12. The summed E-state index contributed by atoms with van der Waals surface area (Å²) in [6.07, 6.45) is 5.28. The first-order valence-electron chi connectivity index (χ1n) is 5.43. The predicted molar refractivity (Wildman–Crippen MR) is 62.9 cm³/mol. The van der Waals surface area contributed by atoms with Crippen LogP contribution in [0.3, 0.4) is 0 Å². The molecular formula is C10H23NO3S. The molecule has 5 heteroatoms. The van der Waals surface area contributed by atoms with Crippen molar-refractivity contribution in [2.24, 2.45) is 0 Å². The van der Waals surface area contributed by atoms with Crippen molar-refractivity contribution in [2.45, 2.75) is 25.7 Å².